The summed E-state index contributed by atoms with van der Waals surface area (Å²) in [4.78, 5) is 0. The normalized spacial score (nSPS) is 13.8. The molecule has 1 aromatic rings. The summed E-state index contributed by atoms with van der Waals surface area (Å²) in [6, 6.07) is 2.81. The van der Waals surface area contributed by atoms with Gasteiger partial charge in [-0.05, 0) is 58.1 Å². The van der Waals surface area contributed by atoms with Crippen LogP contribution in [0, 0.1) is 12.3 Å². The van der Waals surface area contributed by atoms with E-state index in [1.54, 1.807) is 0 Å². The Kier molecular flexibility index (Phi) is 6.05. The molecule has 1 atom stereocenters. The maximum absolute atomic E-state index is 4.54. The number of aryl methyl sites for hydroxylation is 2. The molecule has 0 saturated heterocycles. The predicted octanol–water partition coefficient (Wildman–Crippen LogP) is 3.56. The van der Waals surface area contributed by atoms with Crippen LogP contribution in [0.3, 0.4) is 0 Å². The van der Waals surface area contributed by atoms with Crippen LogP contribution in [0.5, 0.6) is 0 Å². The van der Waals surface area contributed by atoms with Gasteiger partial charge in [0.1, 0.15) is 0 Å². The molecule has 0 saturated carbocycles. The van der Waals surface area contributed by atoms with E-state index >= 15 is 0 Å². The Hall–Kier alpha value is -0.830. The van der Waals surface area contributed by atoms with E-state index in [2.05, 4.69) is 62.7 Å². The van der Waals surface area contributed by atoms with Gasteiger partial charge in [0.15, 0.2) is 0 Å². The highest BCUT2D eigenvalue weighted by atomic mass is 15.3. The lowest BCUT2D eigenvalue weighted by Crippen LogP contribution is -2.33. The first-order valence-electron chi connectivity index (χ1n) is 7.64. The minimum atomic E-state index is 0.305. The van der Waals surface area contributed by atoms with E-state index in [0.717, 1.165) is 25.2 Å². The van der Waals surface area contributed by atoms with Crippen LogP contribution in [-0.2, 0) is 13.0 Å². The average Bonchev–Trinajstić information content (AvgIpc) is 2.65. The molecule has 3 nitrogen and oxygen atoms in total. The van der Waals surface area contributed by atoms with Gasteiger partial charge in [0.05, 0.1) is 5.69 Å². The van der Waals surface area contributed by atoms with E-state index in [9.17, 15) is 0 Å². The summed E-state index contributed by atoms with van der Waals surface area (Å²) in [7, 11) is 0. The molecule has 1 heterocycles. The molecule has 0 bridgehead atoms. The summed E-state index contributed by atoms with van der Waals surface area (Å²) in [5, 5.41) is 8.13. The molecule has 0 aromatic carbocycles. The van der Waals surface area contributed by atoms with Crippen molar-refractivity contribution in [1.82, 2.24) is 15.1 Å². The SMILES string of the molecule is CCCNC(C)CC(C)(C)Cc1cc(C)nn1CC. The minimum absolute atomic E-state index is 0.305. The van der Waals surface area contributed by atoms with Crippen molar-refractivity contribution < 1.29 is 0 Å². The molecule has 3 heteroatoms. The second kappa shape index (κ2) is 7.09. The standard InChI is InChI=1S/C16H31N3/c1-7-9-17-14(4)11-16(5,6)12-15-10-13(3)18-19(15)8-2/h10,14,17H,7-9,11-12H2,1-6H3. The van der Waals surface area contributed by atoms with Gasteiger partial charge in [-0.2, -0.15) is 5.10 Å². The Labute approximate surface area is 118 Å². The van der Waals surface area contributed by atoms with Crippen LogP contribution in [0.15, 0.2) is 6.07 Å². The summed E-state index contributed by atoms with van der Waals surface area (Å²) in [6.07, 6.45) is 3.49. The van der Waals surface area contributed by atoms with Crippen molar-refractivity contribution in [3.8, 4) is 0 Å². The van der Waals surface area contributed by atoms with Gasteiger partial charge in [-0.1, -0.05) is 20.8 Å². The molecule has 1 rings (SSSR count). The number of hydrogen-bond acceptors (Lipinski definition) is 2. The highest BCUT2D eigenvalue weighted by molar-refractivity contribution is 5.11. The van der Waals surface area contributed by atoms with Gasteiger partial charge in [-0.3, -0.25) is 4.68 Å². The first-order valence-corrected chi connectivity index (χ1v) is 7.64. The number of nitrogens with zero attached hydrogens (tertiary/aromatic N) is 2. The zero-order chi connectivity index (χ0) is 14.5. The van der Waals surface area contributed by atoms with Crippen LogP contribution in [0.4, 0.5) is 0 Å². The zero-order valence-corrected chi connectivity index (χ0v) is 13.6. The molecule has 0 aliphatic rings. The van der Waals surface area contributed by atoms with Gasteiger partial charge >= 0.3 is 0 Å². The van der Waals surface area contributed by atoms with Crippen molar-refractivity contribution in [3.63, 3.8) is 0 Å². The molecular formula is C16H31N3. The second-order valence-corrected chi connectivity index (χ2v) is 6.49. The third-order valence-corrected chi connectivity index (χ3v) is 3.55. The Morgan fingerprint density at radius 2 is 2.05 bits per heavy atom. The van der Waals surface area contributed by atoms with E-state index in [4.69, 9.17) is 0 Å². The Morgan fingerprint density at radius 3 is 2.63 bits per heavy atom. The maximum Gasteiger partial charge on any atom is 0.0596 e. The monoisotopic (exact) mass is 265 g/mol. The molecule has 0 aliphatic heterocycles. The van der Waals surface area contributed by atoms with Crippen molar-refractivity contribution in [2.75, 3.05) is 6.54 Å². The van der Waals surface area contributed by atoms with Crippen molar-refractivity contribution in [1.29, 1.82) is 0 Å². The molecule has 1 unspecified atom stereocenters. The van der Waals surface area contributed by atoms with Crippen LogP contribution in [0.2, 0.25) is 0 Å². The number of hydrogen-bond donors (Lipinski definition) is 1. The van der Waals surface area contributed by atoms with Crippen molar-refractivity contribution in [2.45, 2.75) is 73.4 Å². The van der Waals surface area contributed by atoms with Crippen molar-refractivity contribution in [3.05, 3.63) is 17.5 Å². The average molecular weight is 265 g/mol. The van der Waals surface area contributed by atoms with Crippen molar-refractivity contribution in [2.24, 2.45) is 5.41 Å². The van der Waals surface area contributed by atoms with Crippen LogP contribution < -0.4 is 5.32 Å². The Balaban J connectivity index is 2.62. The summed E-state index contributed by atoms with van der Waals surface area (Å²) >= 11 is 0. The molecule has 0 radical (unpaired) electrons. The number of nitrogens with one attached hydrogen (secondary N) is 1. The third-order valence-electron chi connectivity index (χ3n) is 3.55. The van der Waals surface area contributed by atoms with E-state index < -0.39 is 0 Å². The molecule has 1 N–H and O–H groups in total. The molecule has 0 amide bonds. The summed E-state index contributed by atoms with van der Waals surface area (Å²) in [5.74, 6) is 0. The molecule has 0 spiro atoms. The molecule has 110 valence electrons. The quantitative estimate of drug-likeness (QED) is 0.779. The maximum atomic E-state index is 4.54. The molecule has 1 aromatic heterocycles. The third kappa shape index (κ3) is 5.35. The number of aromatic nitrogens is 2. The molecular weight excluding hydrogens is 234 g/mol. The lowest BCUT2D eigenvalue weighted by atomic mass is 9.81. The van der Waals surface area contributed by atoms with E-state index in [0.29, 0.717) is 11.5 Å². The van der Waals surface area contributed by atoms with E-state index in [-0.39, 0.29) is 0 Å². The molecule has 0 fully saturated rings. The van der Waals surface area contributed by atoms with Gasteiger partial charge in [0.25, 0.3) is 0 Å². The summed E-state index contributed by atoms with van der Waals surface area (Å²) in [5.41, 5.74) is 2.80. The van der Waals surface area contributed by atoms with Crippen LogP contribution in [0.1, 0.15) is 58.8 Å². The topological polar surface area (TPSA) is 29.9 Å². The largest absolute Gasteiger partial charge is 0.314 e. The first kappa shape index (κ1) is 16.2. The highest BCUT2D eigenvalue weighted by Gasteiger charge is 2.23. The van der Waals surface area contributed by atoms with E-state index in [1.807, 2.05) is 0 Å². The lowest BCUT2D eigenvalue weighted by Gasteiger charge is -2.28. The minimum Gasteiger partial charge on any atom is -0.314 e. The van der Waals surface area contributed by atoms with Crippen LogP contribution in [0.25, 0.3) is 0 Å². The van der Waals surface area contributed by atoms with Gasteiger partial charge in [0.2, 0.25) is 0 Å². The Morgan fingerprint density at radius 1 is 1.37 bits per heavy atom. The van der Waals surface area contributed by atoms with Gasteiger partial charge in [-0.25, -0.2) is 0 Å². The molecule has 0 aliphatic carbocycles. The Bertz CT molecular complexity index is 379. The fraction of sp³-hybridized carbons (Fsp3) is 0.812. The van der Waals surface area contributed by atoms with Crippen molar-refractivity contribution >= 4 is 0 Å². The predicted molar refractivity (Wildman–Crippen MR) is 82.5 cm³/mol. The summed E-state index contributed by atoms with van der Waals surface area (Å²) < 4.78 is 2.14. The fourth-order valence-corrected chi connectivity index (χ4v) is 2.87. The highest BCUT2D eigenvalue weighted by Crippen LogP contribution is 2.27. The lowest BCUT2D eigenvalue weighted by molar-refractivity contribution is 0.280. The number of rotatable bonds is 8. The molecule has 19 heavy (non-hydrogen) atoms. The first-order chi connectivity index (χ1) is 8.88. The zero-order valence-electron chi connectivity index (χ0n) is 13.6. The van der Waals surface area contributed by atoms with Crippen LogP contribution >= 0.6 is 0 Å². The van der Waals surface area contributed by atoms with Gasteiger partial charge in [-0.15, -0.1) is 0 Å². The van der Waals surface area contributed by atoms with E-state index in [1.165, 1.54) is 18.5 Å². The van der Waals surface area contributed by atoms with Gasteiger partial charge in [0, 0.05) is 18.3 Å². The second-order valence-electron chi connectivity index (χ2n) is 6.49. The summed E-state index contributed by atoms with van der Waals surface area (Å²) in [6.45, 7) is 15.5. The fourth-order valence-electron chi connectivity index (χ4n) is 2.87. The van der Waals surface area contributed by atoms with Gasteiger partial charge < -0.3 is 5.32 Å². The smallest absolute Gasteiger partial charge is 0.0596 e. The van der Waals surface area contributed by atoms with Crippen LogP contribution in [-0.4, -0.2) is 22.4 Å².